The van der Waals surface area contributed by atoms with E-state index in [0.717, 1.165) is 18.4 Å². The Bertz CT molecular complexity index is 1410. The zero-order chi connectivity index (χ0) is 25.8. The van der Waals surface area contributed by atoms with Gasteiger partial charge in [-0.05, 0) is 43.0 Å². The lowest BCUT2D eigenvalue weighted by Crippen LogP contribution is -2.53. The highest BCUT2D eigenvalue weighted by Crippen LogP contribution is 2.49. The van der Waals surface area contributed by atoms with Crippen LogP contribution < -0.4 is 22.5 Å². The smallest absolute Gasteiger partial charge is 0.262 e. The Morgan fingerprint density at radius 2 is 1.94 bits per heavy atom. The number of likely N-dealkylation sites (tertiary alicyclic amines) is 1. The molecule has 7 N–H and O–H groups in total. The standard InChI is InChI=1S/C27H29N5O3S/c1-3-19(33)32-12-4-5-16(13-32)31-26(35)24-21-20-17(10-11-18(28)23(20)36-24)27(30,25(34)22(21)29)15-8-6-14(2)7-9-15/h3,6-11,16,22H,1,4-5,12-13,28-30H2,2H3,(H,31,35). The number of nitrogens with zero attached hydrogens (tertiary/aromatic N) is 1. The molecule has 5 rings (SSSR count). The number of aryl methyl sites for hydroxylation is 1. The molecule has 2 heterocycles. The summed E-state index contributed by atoms with van der Waals surface area (Å²) in [5, 5.41) is 3.71. The van der Waals surface area contributed by atoms with Crippen molar-refractivity contribution < 1.29 is 14.4 Å². The first-order chi connectivity index (χ1) is 17.2. The number of anilines is 1. The molecule has 1 aliphatic heterocycles. The second-order valence-electron chi connectivity index (χ2n) is 9.57. The molecule has 2 amide bonds. The molecule has 3 unspecified atom stereocenters. The molecule has 1 saturated heterocycles. The summed E-state index contributed by atoms with van der Waals surface area (Å²) in [7, 11) is 0. The molecular formula is C27H29N5O3S. The molecule has 1 aliphatic carbocycles. The third kappa shape index (κ3) is 3.62. The first kappa shape index (κ1) is 24.2. The quantitative estimate of drug-likeness (QED) is 0.318. The van der Waals surface area contributed by atoms with Crippen LogP contribution in [0.2, 0.25) is 0 Å². The molecular weight excluding hydrogens is 474 g/mol. The molecule has 3 aromatic rings. The van der Waals surface area contributed by atoms with Crippen LogP contribution in [0.5, 0.6) is 0 Å². The van der Waals surface area contributed by atoms with Gasteiger partial charge in [-0.25, -0.2) is 0 Å². The van der Waals surface area contributed by atoms with Gasteiger partial charge in [0.1, 0.15) is 5.54 Å². The number of carbonyl (C=O) groups excluding carboxylic acids is 3. The molecule has 2 aromatic carbocycles. The van der Waals surface area contributed by atoms with E-state index >= 15 is 0 Å². The number of rotatable bonds is 4. The van der Waals surface area contributed by atoms with Gasteiger partial charge in [0.2, 0.25) is 5.91 Å². The number of benzene rings is 2. The van der Waals surface area contributed by atoms with Crippen molar-refractivity contribution in [2.45, 2.75) is 37.4 Å². The van der Waals surface area contributed by atoms with Gasteiger partial charge < -0.3 is 27.4 Å². The van der Waals surface area contributed by atoms with Crippen LogP contribution in [0.25, 0.3) is 10.1 Å². The van der Waals surface area contributed by atoms with Gasteiger partial charge in [0.05, 0.1) is 15.6 Å². The van der Waals surface area contributed by atoms with Crippen molar-refractivity contribution in [3.05, 3.63) is 76.2 Å². The summed E-state index contributed by atoms with van der Waals surface area (Å²) in [4.78, 5) is 41.4. The van der Waals surface area contributed by atoms with Crippen LogP contribution in [0, 0.1) is 6.92 Å². The van der Waals surface area contributed by atoms with Crippen LogP contribution in [0.3, 0.4) is 0 Å². The van der Waals surface area contributed by atoms with E-state index in [4.69, 9.17) is 17.2 Å². The molecule has 0 radical (unpaired) electrons. The summed E-state index contributed by atoms with van der Waals surface area (Å²) in [6, 6.07) is 9.66. The van der Waals surface area contributed by atoms with Crippen molar-refractivity contribution in [2.24, 2.45) is 11.5 Å². The van der Waals surface area contributed by atoms with Crippen LogP contribution in [0.4, 0.5) is 5.69 Å². The summed E-state index contributed by atoms with van der Waals surface area (Å²) in [6.07, 6.45) is 2.79. The van der Waals surface area contributed by atoms with E-state index in [1.165, 1.54) is 17.4 Å². The number of nitrogens with two attached hydrogens (primary N) is 3. The van der Waals surface area contributed by atoms with E-state index < -0.39 is 11.6 Å². The maximum Gasteiger partial charge on any atom is 0.262 e. The molecule has 0 spiro atoms. The van der Waals surface area contributed by atoms with E-state index in [2.05, 4.69) is 11.9 Å². The van der Waals surface area contributed by atoms with E-state index in [1.54, 1.807) is 17.0 Å². The number of Topliss-reactive ketones (excluding diaryl/α,β-unsaturated/α-hetero) is 1. The highest BCUT2D eigenvalue weighted by Gasteiger charge is 2.48. The number of amides is 2. The molecule has 8 nitrogen and oxygen atoms in total. The van der Waals surface area contributed by atoms with Gasteiger partial charge in [0.15, 0.2) is 5.78 Å². The topological polar surface area (TPSA) is 145 Å². The fraction of sp³-hybridized carbons (Fsp3) is 0.296. The minimum atomic E-state index is -1.46. The van der Waals surface area contributed by atoms with Crippen molar-refractivity contribution in [1.29, 1.82) is 0 Å². The van der Waals surface area contributed by atoms with Crippen LogP contribution in [-0.4, -0.2) is 41.6 Å². The Morgan fingerprint density at radius 3 is 2.64 bits per heavy atom. The van der Waals surface area contributed by atoms with Gasteiger partial charge in [-0.3, -0.25) is 14.4 Å². The minimum absolute atomic E-state index is 0.161. The van der Waals surface area contributed by atoms with Gasteiger partial charge >= 0.3 is 0 Å². The maximum absolute atomic E-state index is 13.8. The monoisotopic (exact) mass is 503 g/mol. The van der Waals surface area contributed by atoms with E-state index in [-0.39, 0.29) is 23.6 Å². The Balaban J connectivity index is 1.59. The van der Waals surface area contributed by atoms with Crippen LogP contribution >= 0.6 is 11.3 Å². The molecule has 0 saturated carbocycles. The van der Waals surface area contributed by atoms with E-state index in [0.29, 0.717) is 50.4 Å². The molecule has 36 heavy (non-hydrogen) atoms. The molecule has 1 aromatic heterocycles. The van der Waals surface area contributed by atoms with Crippen LogP contribution in [0.1, 0.15) is 50.8 Å². The molecule has 3 atom stereocenters. The Labute approximate surface area is 213 Å². The minimum Gasteiger partial charge on any atom is -0.398 e. The normalized spacial score (nSPS) is 23.5. The number of hydrogen-bond acceptors (Lipinski definition) is 7. The number of thiophene rings is 1. The summed E-state index contributed by atoms with van der Waals surface area (Å²) in [6.45, 7) is 6.53. The predicted molar refractivity (Wildman–Crippen MR) is 142 cm³/mol. The third-order valence-electron chi connectivity index (χ3n) is 7.27. The number of nitrogens with one attached hydrogen (secondary N) is 1. The molecule has 0 bridgehead atoms. The fourth-order valence-electron chi connectivity index (χ4n) is 5.34. The molecule has 9 heteroatoms. The predicted octanol–water partition coefficient (Wildman–Crippen LogP) is 2.48. The highest BCUT2D eigenvalue weighted by atomic mass is 32.1. The van der Waals surface area contributed by atoms with E-state index in [1.807, 2.05) is 31.2 Å². The fourth-order valence-corrected chi connectivity index (χ4v) is 6.54. The molecule has 186 valence electrons. The third-order valence-corrected chi connectivity index (χ3v) is 8.52. The van der Waals surface area contributed by atoms with Crippen molar-refractivity contribution in [3.8, 4) is 0 Å². The summed E-state index contributed by atoms with van der Waals surface area (Å²) in [5.41, 5.74) is 21.5. The second kappa shape index (κ2) is 8.85. The summed E-state index contributed by atoms with van der Waals surface area (Å²) in [5.74, 6) is -0.873. The molecule has 2 aliphatic rings. The summed E-state index contributed by atoms with van der Waals surface area (Å²) < 4.78 is 0.685. The Morgan fingerprint density at radius 1 is 1.22 bits per heavy atom. The van der Waals surface area contributed by atoms with Gasteiger partial charge in [-0.2, -0.15) is 0 Å². The number of piperidine rings is 1. The van der Waals surface area contributed by atoms with E-state index in [9.17, 15) is 14.4 Å². The van der Waals surface area contributed by atoms with Crippen LogP contribution in [-0.2, 0) is 15.1 Å². The average molecular weight is 504 g/mol. The van der Waals surface area contributed by atoms with Gasteiger partial charge in [-0.15, -0.1) is 11.3 Å². The highest BCUT2D eigenvalue weighted by molar-refractivity contribution is 7.21. The van der Waals surface area contributed by atoms with Gasteiger partial charge in [0, 0.05) is 35.8 Å². The zero-order valence-corrected chi connectivity index (χ0v) is 20.9. The average Bonchev–Trinajstić information content (AvgIpc) is 3.29. The Kier molecular flexibility index (Phi) is 5.94. The van der Waals surface area contributed by atoms with Crippen molar-refractivity contribution in [3.63, 3.8) is 0 Å². The summed E-state index contributed by atoms with van der Waals surface area (Å²) >= 11 is 1.22. The lowest BCUT2D eigenvalue weighted by atomic mass is 9.70. The van der Waals surface area contributed by atoms with Crippen molar-refractivity contribution in [1.82, 2.24) is 10.2 Å². The lowest BCUT2D eigenvalue weighted by molar-refractivity contribution is -0.127. The first-order valence-electron chi connectivity index (χ1n) is 11.9. The van der Waals surface area contributed by atoms with Crippen LogP contribution in [0.15, 0.2) is 49.1 Å². The number of carbonyl (C=O) groups is 3. The number of hydrogen-bond donors (Lipinski definition) is 4. The second-order valence-corrected chi connectivity index (χ2v) is 10.6. The Hall–Kier alpha value is -3.53. The maximum atomic E-state index is 13.8. The lowest BCUT2D eigenvalue weighted by Gasteiger charge is -2.36. The SMILES string of the molecule is C=CC(=O)N1CCCC(NC(=O)c2sc3c(N)ccc4c3c2C(N)C(=O)C4(N)c2ccc(C)cc2)C1. The number of nitrogen functional groups attached to an aromatic ring is 1. The number of ketones is 1. The largest absolute Gasteiger partial charge is 0.398 e. The molecule has 1 fully saturated rings. The van der Waals surface area contributed by atoms with Crippen molar-refractivity contribution in [2.75, 3.05) is 18.8 Å². The zero-order valence-electron chi connectivity index (χ0n) is 20.0. The van der Waals surface area contributed by atoms with Gasteiger partial charge in [0.25, 0.3) is 5.91 Å². The van der Waals surface area contributed by atoms with Gasteiger partial charge in [-0.1, -0.05) is 42.5 Å². The van der Waals surface area contributed by atoms with Crippen molar-refractivity contribution >= 4 is 44.7 Å². The first-order valence-corrected chi connectivity index (χ1v) is 12.7.